The third kappa shape index (κ3) is 3.91. The zero-order valence-electron chi connectivity index (χ0n) is 18.6. The maximum Gasteiger partial charge on any atom is 0.335 e. The summed E-state index contributed by atoms with van der Waals surface area (Å²) in [6, 6.07) is 13.5. The van der Waals surface area contributed by atoms with Crippen LogP contribution in [0.2, 0.25) is 5.02 Å². The molecule has 2 heterocycles. The summed E-state index contributed by atoms with van der Waals surface area (Å²) in [6.07, 6.45) is 1.51. The SMILES string of the molecule is COc1ccc(N2C(=O)NC(=O)/C(=C/c3cc(C)n(-c4ccccc4C)c3C)C2=O)cc1Cl. The maximum absolute atomic E-state index is 13.2. The zero-order valence-corrected chi connectivity index (χ0v) is 19.4. The molecule has 1 N–H and O–H groups in total. The Morgan fingerprint density at radius 2 is 1.73 bits per heavy atom. The van der Waals surface area contributed by atoms with Gasteiger partial charge in [0.2, 0.25) is 0 Å². The maximum atomic E-state index is 13.2. The molecule has 1 aliphatic rings. The molecule has 4 amide bonds. The number of anilines is 1. The largest absolute Gasteiger partial charge is 0.495 e. The first-order valence-electron chi connectivity index (χ1n) is 10.2. The van der Waals surface area contributed by atoms with Crippen LogP contribution in [0.25, 0.3) is 11.8 Å². The minimum atomic E-state index is -0.839. The molecule has 3 aromatic rings. The first kappa shape index (κ1) is 22.4. The number of aryl methyl sites for hydroxylation is 2. The van der Waals surface area contributed by atoms with Gasteiger partial charge in [0.25, 0.3) is 11.8 Å². The lowest BCUT2D eigenvalue weighted by molar-refractivity contribution is -0.122. The molecular formula is C25H22ClN3O4. The third-order valence-corrected chi connectivity index (χ3v) is 5.92. The number of benzene rings is 2. The van der Waals surface area contributed by atoms with Gasteiger partial charge in [-0.05, 0) is 68.3 Å². The molecule has 1 aromatic heterocycles. The van der Waals surface area contributed by atoms with E-state index in [1.807, 2.05) is 51.1 Å². The zero-order chi connectivity index (χ0) is 23.9. The number of carbonyl (C=O) groups is 3. The van der Waals surface area contributed by atoms with Gasteiger partial charge in [-0.25, -0.2) is 9.69 Å². The van der Waals surface area contributed by atoms with Crippen LogP contribution in [0, 0.1) is 20.8 Å². The molecule has 0 spiro atoms. The third-order valence-electron chi connectivity index (χ3n) is 5.62. The van der Waals surface area contributed by atoms with Crippen LogP contribution in [0.4, 0.5) is 10.5 Å². The van der Waals surface area contributed by atoms with Crippen LogP contribution in [0.3, 0.4) is 0 Å². The second-order valence-electron chi connectivity index (χ2n) is 7.73. The molecule has 1 fully saturated rings. The summed E-state index contributed by atoms with van der Waals surface area (Å²) in [5, 5.41) is 2.47. The fourth-order valence-electron chi connectivity index (χ4n) is 3.96. The standard InChI is InChI=1S/C25H22ClN3O4/c1-14-7-5-6-8-21(14)28-15(2)11-17(16(28)3)12-19-23(30)27-25(32)29(24(19)31)18-9-10-22(33-4)20(26)13-18/h5-13H,1-4H3,(H,27,30,32)/b19-12-. The van der Waals surface area contributed by atoms with E-state index in [9.17, 15) is 14.4 Å². The molecule has 0 bridgehead atoms. The first-order valence-corrected chi connectivity index (χ1v) is 10.6. The smallest absolute Gasteiger partial charge is 0.335 e. The predicted octanol–water partition coefficient (Wildman–Crippen LogP) is 4.73. The summed E-state index contributed by atoms with van der Waals surface area (Å²) in [5.41, 5.74) is 4.72. The van der Waals surface area contributed by atoms with Crippen molar-refractivity contribution < 1.29 is 19.1 Å². The highest BCUT2D eigenvalue weighted by Gasteiger charge is 2.37. The highest BCUT2D eigenvalue weighted by molar-refractivity contribution is 6.39. The monoisotopic (exact) mass is 463 g/mol. The minimum Gasteiger partial charge on any atom is -0.495 e. The normalized spacial score (nSPS) is 15.2. The van der Waals surface area contributed by atoms with Gasteiger partial charge >= 0.3 is 6.03 Å². The molecule has 2 aromatic carbocycles. The van der Waals surface area contributed by atoms with Gasteiger partial charge in [-0.15, -0.1) is 0 Å². The van der Waals surface area contributed by atoms with Gasteiger partial charge < -0.3 is 9.30 Å². The quantitative estimate of drug-likeness (QED) is 0.448. The van der Waals surface area contributed by atoms with Crippen LogP contribution in [0.1, 0.15) is 22.5 Å². The lowest BCUT2D eigenvalue weighted by Gasteiger charge is -2.26. The number of barbiturate groups is 1. The number of rotatable bonds is 4. The first-order chi connectivity index (χ1) is 15.7. The number of methoxy groups -OCH3 is 1. The highest BCUT2D eigenvalue weighted by Crippen LogP contribution is 2.31. The van der Waals surface area contributed by atoms with Gasteiger partial charge in [-0.1, -0.05) is 29.8 Å². The Bertz CT molecular complexity index is 1340. The van der Waals surface area contributed by atoms with E-state index in [0.717, 1.165) is 27.5 Å². The topological polar surface area (TPSA) is 80.6 Å². The number of hydrogen-bond donors (Lipinski definition) is 1. The number of halogens is 1. The lowest BCUT2D eigenvalue weighted by Crippen LogP contribution is -2.54. The number of para-hydroxylation sites is 1. The number of aromatic nitrogens is 1. The summed E-state index contributed by atoms with van der Waals surface area (Å²) in [7, 11) is 1.46. The molecule has 1 saturated heterocycles. The van der Waals surface area contributed by atoms with Crippen LogP contribution >= 0.6 is 11.6 Å². The number of imide groups is 2. The Morgan fingerprint density at radius 3 is 2.39 bits per heavy atom. The molecule has 7 nitrogen and oxygen atoms in total. The number of hydrogen-bond acceptors (Lipinski definition) is 4. The fraction of sp³-hybridized carbons (Fsp3) is 0.160. The number of nitrogens with one attached hydrogen (secondary N) is 1. The van der Waals surface area contributed by atoms with Crippen molar-refractivity contribution in [1.29, 1.82) is 0 Å². The molecule has 0 saturated carbocycles. The molecular weight excluding hydrogens is 442 g/mol. The van der Waals surface area contributed by atoms with E-state index in [4.69, 9.17) is 16.3 Å². The molecule has 33 heavy (non-hydrogen) atoms. The Kier molecular flexibility index (Phi) is 5.82. The van der Waals surface area contributed by atoms with E-state index in [2.05, 4.69) is 9.88 Å². The van der Waals surface area contributed by atoms with Crippen molar-refractivity contribution in [1.82, 2.24) is 9.88 Å². The van der Waals surface area contributed by atoms with Crippen molar-refractivity contribution in [2.24, 2.45) is 0 Å². The minimum absolute atomic E-state index is 0.147. The number of urea groups is 1. The second-order valence-corrected chi connectivity index (χ2v) is 8.13. The number of ether oxygens (including phenoxy) is 1. The average molecular weight is 464 g/mol. The van der Waals surface area contributed by atoms with E-state index >= 15 is 0 Å². The number of amides is 4. The van der Waals surface area contributed by atoms with Gasteiger partial charge in [0.15, 0.2) is 0 Å². The predicted molar refractivity (Wildman–Crippen MR) is 127 cm³/mol. The lowest BCUT2D eigenvalue weighted by atomic mass is 10.1. The van der Waals surface area contributed by atoms with E-state index in [1.54, 1.807) is 6.07 Å². The van der Waals surface area contributed by atoms with Crippen molar-refractivity contribution in [3.63, 3.8) is 0 Å². The number of carbonyl (C=O) groups excluding carboxylic acids is 3. The fourth-order valence-corrected chi connectivity index (χ4v) is 4.21. The molecule has 8 heteroatoms. The van der Waals surface area contributed by atoms with Gasteiger partial charge in [-0.2, -0.15) is 0 Å². The van der Waals surface area contributed by atoms with Gasteiger partial charge in [0.05, 0.1) is 17.8 Å². The molecule has 0 atom stereocenters. The Balaban J connectivity index is 1.77. The van der Waals surface area contributed by atoms with E-state index < -0.39 is 17.8 Å². The van der Waals surface area contributed by atoms with E-state index in [0.29, 0.717) is 11.3 Å². The van der Waals surface area contributed by atoms with Crippen molar-refractivity contribution in [3.05, 3.63) is 81.6 Å². The summed E-state index contributed by atoms with van der Waals surface area (Å²) >= 11 is 6.17. The van der Waals surface area contributed by atoms with Gasteiger partial charge in [0.1, 0.15) is 11.3 Å². The average Bonchev–Trinajstić information content (AvgIpc) is 3.04. The molecule has 0 unspecified atom stereocenters. The summed E-state index contributed by atoms with van der Waals surface area (Å²) in [6.45, 7) is 5.90. The summed E-state index contributed by atoms with van der Waals surface area (Å²) < 4.78 is 7.19. The Labute approximate surface area is 196 Å². The van der Waals surface area contributed by atoms with E-state index in [-0.39, 0.29) is 16.3 Å². The van der Waals surface area contributed by atoms with E-state index in [1.165, 1.54) is 25.3 Å². The van der Waals surface area contributed by atoms with Gasteiger partial charge in [0, 0.05) is 17.1 Å². The molecule has 168 valence electrons. The Hall–Kier alpha value is -3.84. The summed E-state index contributed by atoms with van der Waals surface area (Å²) in [5.74, 6) is -1.08. The van der Waals surface area contributed by atoms with Crippen LogP contribution in [-0.2, 0) is 9.59 Å². The van der Waals surface area contributed by atoms with Crippen LogP contribution in [-0.4, -0.2) is 29.5 Å². The van der Waals surface area contributed by atoms with Crippen LogP contribution < -0.4 is 15.0 Å². The molecule has 4 rings (SSSR count). The van der Waals surface area contributed by atoms with Crippen molar-refractivity contribution in [2.75, 3.05) is 12.0 Å². The number of nitrogens with zero attached hydrogens (tertiary/aromatic N) is 2. The molecule has 0 radical (unpaired) electrons. The van der Waals surface area contributed by atoms with Crippen molar-refractivity contribution in [2.45, 2.75) is 20.8 Å². The van der Waals surface area contributed by atoms with Crippen molar-refractivity contribution >= 4 is 41.2 Å². The van der Waals surface area contributed by atoms with Crippen LogP contribution in [0.15, 0.2) is 54.1 Å². The van der Waals surface area contributed by atoms with Crippen LogP contribution in [0.5, 0.6) is 5.75 Å². The molecule has 1 aliphatic heterocycles. The molecule has 0 aliphatic carbocycles. The van der Waals surface area contributed by atoms with Gasteiger partial charge in [-0.3, -0.25) is 14.9 Å². The Morgan fingerprint density at radius 1 is 1.00 bits per heavy atom. The highest BCUT2D eigenvalue weighted by atomic mass is 35.5. The second kappa shape index (κ2) is 8.60. The van der Waals surface area contributed by atoms with Crippen molar-refractivity contribution in [3.8, 4) is 11.4 Å². The summed E-state index contributed by atoms with van der Waals surface area (Å²) in [4.78, 5) is 39.2.